The van der Waals surface area contributed by atoms with Crippen LogP contribution in [-0.4, -0.2) is 26.9 Å². The van der Waals surface area contributed by atoms with Gasteiger partial charge in [0.2, 0.25) is 0 Å². The number of fused-ring (bicyclic) bond motifs is 3. The van der Waals surface area contributed by atoms with Gasteiger partial charge in [-0.25, -0.2) is 4.79 Å². The first-order chi connectivity index (χ1) is 14.7. The molecule has 0 spiro atoms. The Morgan fingerprint density at radius 1 is 1.17 bits per heavy atom. The van der Waals surface area contributed by atoms with Gasteiger partial charge in [0.1, 0.15) is 11.3 Å². The average Bonchev–Trinajstić information content (AvgIpc) is 3.20. The van der Waals surface area contributed by atoms with Gasteiger partial charge in [-0.2, -0.15) is 0 Å². The van der Waals surface area contributed by atoms with E-state index < -0.39 is 5.63 Å². The Morgan fingerprint density at radius 2 is 2.03 bits per heavy atom. The predicted molar refractivity (Wildman–Crippen MR) is 116 cm³/mol. The van der Waals surface area contributed by atoms with Gasteiger partial charge in [-0.3, -0.25) is 9.78 Å². The van der Waals surface area contributed by atoms with Crippen molar-refractivity contribution in [2.75, 3.05) is 6.54 Å². The Balaban J connectivity index is 1.67. The van der Waals surface area contributed by atoms with Crippen molar-refractivity contribution in [3.63, 3.8) is 0 Å². The number of pyridine rings is 1. The summed E-state index contributed by atoms with van der Waals surface area (Å²) in [5.74, 6) is -0.0508. The van der Waals surface area contributed by atoms with Gasteiger partial charge in [0, 0.05) is 30.9 Å². The number of hydrogen-bond acceptors (Lipinski definition) is 4. The van der Waals surface area contributed by atoms with Crippen molar-refractivity contribution in [1.29, 1.82) is 0 Å². The van der Waals surface area contributed by atoms with Gasteiger partial charge in [-0.05, 0) is 56.0 Å². The van der Waals surface area contributed by atoms with Crippen LogP contribution in [0.5, 0.6) is 0 Å². The quantitative estimate of drug-likeness (QED) is 0.473. The zero-order valence-electron chi connectivity index (χ0n) is 16.9. The summed E-state index contributed by atoms with van der Waals surface area (Å²) in [4.78, 5) is 32.6. The minimum Gasteiger partial charge on any atom is -0.422 e. The monoisotopic (exact) mass is 401 g/mol. The predicted octanol–water partition coefficient (Wildman–Crippen LogP) is 4.53. The second-order valence-electron chi connectivity index (χ2n) is 7.72. The number of hydrogen-bond donors (Lipinski definition) is 0. The average molecular weight is 401 g/mol. The zero-order valence-corrected chi connectivity index (χ0v) is 16.9. The van der Waals surface area contributed by atoms with Crippen molar-refractivity contribution in [3.05, 3.63) is 76.5 Å². The van der Waals surface area contributed by atoms with E-state index in [0.29, 0.717) is 29.8 Å². The van der Waals surface area contributed by atoms with E-state index in [-0.39, 0.29) is 11.9 Å². The highest BCUT2D eigenvalue weighted by Crippen LogP contribution is 2.33. The third-order valence-corrected chi connectivity index (χ3v) is 6.03. The van der Waals surface area contributed by atoms with Crippen LogP contribution < -0.4 is 5.63 Å². The third-order valence-electron chi connectivity index (χ3n) is 6.03. The van der Waals surface area contributed by atoms with Crippen LogP contribution >= 0.6 is 0 Å². The molecule has 5 rings (SSSR count). The number of para-hydroxylation sites is 1. The summed E-state index contributed by atoms with van der Waals surface area (Å²) in [6, 6.07) is 13.1. The molecule has 3 aromatic heterocycles. The molecule has 4 aromatic rings. The highest BCUT2D eigenvalue weighted by molar-refractivity contribution is 6.07. The van der Waals surface area contributed by atoms with Crippen molar-refractivity contribution in [1.82, 2.24) is 14.5 Å². The summed E-state index contributed by atoms with van der Waals surface area (Å²) >= 11 is 0. The lowest BCUT2D eigenvalue weighted by Gasteiger charge is -2.36. The summed E-state index contributed by atoms with van der Waals surface area (Å²) < 4.78 is 7.45. The molecule has 152 valence electrons. The normalized spacial score (nSPS) is 17.0. The van der Waals surface area contributed by atoms with Crippen LogP contribution in [0.3, 0.4) is 0 Å². The fourth-order valence-electron chi connectivity index (χ4n) is 4.65. The molecule has 0 bridgehead atoms. The van der Waals surface area contributed by atoms with Crippen molar-refractivity contribution >= 4 is 27.8 Å². The summed E-state index contributed by atoms with van der Waals surface area (Å²) in [7, 11) is 0. The molecule has 1 aliphatic heterocycles. The third kappa shape index (κ3) is 2.91. The van der Waals surface area contributed by atoms with E-state index in [4.69, 9.17) is 4.42 Å². The van der Waals surface area contributed by atoms with Crippen LogP contribution in [0.15, 0.2) is 64.1 Å². The number of benzene rings is 1. The number of carbonyl (C=O) groups is 1. The van der Waals surface area contributed by atoms with Gasteiger partial charge < -0.3 is 13.9 Å². The van der Waals surface area contributed by atoms with Crippen molar-refractivity contribution in [2.45, 2.75) is 38.8 Å². The Morgan fingerprint density at radius 3 is 2.83 bits per heavy atom. The molecule has 30 heavy (non-hydrogen) atoms. The molecule has 1 aliphatic rings. The van der Waals surface area contributed by atoms with Crippen LogP contribution in [0.2, 0.25) is 0 Å². The standard InChI is InChI=1S/C24H23N3O3/c1-2-26-20(14-18-22(26)17-9-3-4-11-21(17)30-24(18)29)23(28)27-13-6-5-10-19(27)16-8-7-12-25-15-16/h3-4,7-9,11-12,14-15,19H,2,5-6,10,13H2,1H3/t19-/m1/s1. The van der Waals surface area contributed by atoms with E-state index in [1.807, 2.05) is 52.9 Å². The smallest absolute Gasteiger partial charge is 0.345 e. The highest BCUT2D eigenvalue weighted by Gasteiger charge is 2.31. The first kappa shape index (κ1) is 18.6. The van der Waals surface area contributed by atoms with Gasteiger partial charge in [-0.1, -0.05) is 18.2 Å². The number of amides is 1. The maximum absolute atomic E-state index is 13.7. The number of aromatic nitrogens is 2. The molecule has 1 aromatic carbocycles. The van der Waals surface area contributed by atoms with Gasteiger partial charge in [-0.15, -0.1) is 0 Å². The lowest BCUT2D eigenvalue weighted by molar-refractivity contribution is 0.0600. The molecule has 0 aliphatic carbocycles. The van der Waals surface area contributed by atoms with Crippen molar-refractivity contribution in [2.24, 2.45) is 0 Å². The molecule has 6 nitrogen and oxygen atoms in total. The largest absolute Gasteiger partial charge is 0.422 e. The molecule has 0 radical (unpaired) electrons. The van der Waals surface area contributed by atoms with Crippen LogP contribution in [0, 0.1) is 0 Å². The number of piperidine rings is 1. The fraction of sp³-hybridized carbons (Fsp3) is 0.292. The Hall–Kier alpha value is -3.41. The second-order valence-corrected chi connectivity index (χ2v) is 7.72. The number of carbonyl (C=O) groups excluding carboxylic acids is 1. The summed E-state index contributed by atoms with van der Waals surface area (Å²) in [6.45, 7) is 3.27. The van der Waals surface area contributed by atoms with E-state index in [9.17, 15) is 9.59 Å². The van der Waals surface area contributed by atoms with Crippen LogP contribution in [0.4, 0.5) is 0 Å². The summed E-state index contributed by atoms with van der Waals surface area (Å²) in [6.07, 6.45) is 6.55. The molecular weight excluding hydrogens is 378 g/mol. The van der Waals surface area contributed by atoms with Gasteiger partial charge in [0.25, 0.3) is 5.91 Å². The van der Waals surface area contributed by atoms with Gasteiger partial charge in [0.05, 0.1) is 16.9 Å². The minimum absolute atomic E-state index is 0.00331. The molecule has 4 heterocycles. The molecule has 1 atom stereocenters. The van der Waals surface area contributed by atoms with Gasteiger partial charge in [0.15, 0.2) is 0 Å². The van der Waals surface area contributed by atoms with E-state index >= 15 is 0 Å². The maximum Gasteiger partial charge on any atom is 0.345 e. The number of rotatable bonds is 3. The fourth-order valence-corrected chi connectivity index (χ4v) is 4.65. The SMILES string of the molecule is CCn1c(C(=O)N2CCCC[C@@H]2c2cccnc2)cc2c(=O)oc3ccccc3c21. The van der Waals surface area contributed by atoms with Crippen LogP contribution in [-0.2, 0) is 6.54 Å². The second kappa shape index (κ2) is 7.44. The molecular formula is C24H23N3O3. The van der Waals surface area contributed by atoms with E-state index in [0.717, 1.165) is 35.7 Å². The maximum atomic E-state index is 13.7. The topological polar surface area (TPSA) is 68.3 Å². The molecule has 1 amide bonds. The zero-order chi connectivity index (χ0) is 20.7. The number of aryl methyl sites for hydroxylation is 1. The van der Waals surface area contributed by atoms with Crippen molar-refractivity contribution < 1.29 is 9.21 Å². The van der Waals surface area contributed by atoms with Gasteiger partial charge >= 0.3 is 5.63 Å². The number of nitrogens with zero attached hydrogens (tertiary/aromatic N) is 3. The summed E-state index contributed by atoms with van der Waals surface area (Å²) in [5, 5.41) is 1.30. The highest BCUT2D eigenvalue weighted by atomic mass is 16.4. The van der Waals surface area contributed by atoms with Crippen LogP contribution in [0.25, 0.3) is 21.9 Å². The Bertz CT molecular complexity index is 1290. The lowest BCUT2D eigenvalue weighted by Crippen LogP contribution is -2.39. The van der Waals surface area contributed by atoms with E-state index in [1.165, 1.54) is 0 Å². The first-order valence-corrected chi connectivity index (χ1v) is 10.4. The minimum atomic E-state index is -0.410. The number of likely N-dealkylation sites (tertiary alicyclic amines) is 1. The molecule has 0 saturated carbocycles. The molecule has 0 unspecified atom stereocenters. The first-order valence-electron chi connectivity index (χ1n) is 10.4. The summed E-state index contributed by atoms with van der Waals surface area (Å²) in [5.41, 5.74) is 2.48. The molecule has 1 fully saturated rings. The molecule has 0 N–H and O–H groups in total. The Kier molecular flexibility index (Phi) is 4.62. The Labute approximate surface area is 173 Å². The van der Waals surface area contributed by atoms with E-state index in [2.05, 4.69) is 4.98 Å². The molecule has 1 saturated heterocycles. The van der Waals surface area contributed by atoms with E-state index in [1.54, 1.807) is 18.3 Å². The molecule has 6 heteroatoms. The lowest BCUT2D eigenvalue weighted by atomic mass is 9.96. The van der Waals surface area contributed by atoms with Crippen molar-refractivity contribution in [3.8, 4) is 0 Å². The van der Waals surface area contributed by atoms with Crippen LogP contribution in [0.1, 0.15) is 48.3 Å².